The van der Waals surface area contributed by atoms with E-state index in [9.17, 15) is 0 Å². The van der Waals surface area contributed by atoms with E-state index < -0.39 is 0 Å². The van der Waals surface area contributed by atoms with Crippen LogP contribution in [0.15, 0.2) is 24.3 Å². The summed E-state index contributed by atoms with van der Waals surface area (Å²) < 4.78 is 0. The fourth-order valence-electron chi connectivity index (χ4n) is 2.32. The minimum atomic E-state index is 0.707. The molecule has 1 aromatic heterocycles. The van der Waals surface area contributed by atoms with Crippen LogP contribution in [0.3, 0.4) is 0 Å². The number of nitrogens with zero attached hydrogens (tertiary/aromatic N) is 2. The fraction of sp³-hybridized carbons (Fsp3) is 0.375. The highest BCUT2D eigenvalue weighted by Crippen LogP contribution is 2.22. The van der Waals surface area contributed by atoms with E-state index in [4.69, 9.17) is 5.73 Å². The molecule has 0 amide bonds. The van der Waals surface area contributed by atoms with Gasteiger partial charge in [0, 0.05) is 17.0 Å². The summed E-state index contributed by atoms with van der Waals surface area (Å²) in [7, 11) is 0. The zero-order valence-corrected chi connectivity index (χ0v) is 11.9. The maximum Gasteiger partial charge on any atom is 0.159 e. The smallest absolute Gasteiger partial charge is 0.159 e. The Morgan fingerprint density at radius 3 is 2.21 bits per heavy atom. The van der Waals surface area contributed by atoms with Gasteiger partial charge in [-0.15, -0.1) is 0 Å². The van der Waals surface area contributed by atoms with Crippen LogP contribution in [0, 0.1) is 20.8 Å². The van der Waals surface area contributed by atoms with Crippen molar-refractivity contribution < 1.29 is 0 Å². The molecule has 2 N–H and O–H groups in total. The molecular formula is C16H21N3. The third-order valence-electron chi connectivity index (χ3n) is 3.44. The summed E-state index contributed by atoms with van der Waals surface area (Å²) in [6, 6.07) is 8.22. The summed E-state index contributed by atoms with van der Waals surface area (Å²) >= 11 is 0. The first-order chi connectivity index (χ1) is 9.13. The molecule has 3 nitrogen and oxygen atoms in total. The van der Waals surface area contributed by atoms with Gasteiger partial charge >= 0.3 is 0 Å². The standard InChI is InChI=1S/C16H21N3/c1-11-7-4-5-8-14(11)16-18-12(2)15(9-6-10-17)13(3)19-16/h4-5,7-8H,6,9-10,17H2,1-3H3. The largest absolute Gasteiger partial charge is 0.330 e. The van der Waals surface area contributed by atoms with Crippen molar-refractivity contribution in [3.8, 4) is 11.4 Å². The molecule has 0 fully saturated rings. The molecule has 3 heteroatoms. The lowest BCUT2D eigenvalue weighted by Crippen LogP contribution is -2.06. The molecule has 0 unspecified atom stereocenters. The Labute approximate surface area is 114 Å². The Morgan fingerprint density at radius 1 is 1.00 bits per heavy atom. The number of aryl methyl sites for hydroxylation is 3. The molecule has 0 aliphatic heterocycles. The number of rotatable bonds is 4. The number of benzene rings is 1. The lowest BCUT2D eigenvalue weighted by Gasteiger charge is -2.11. The van der Waals surface area contributed by atoms with Crippen molar-refractivity contribution in [2.24, 2.45) is 5.73 Å². The van der Waals surface area contributed by atoms with Crippen molar-refractivity contribution >= 4 is 0 Å². The Bertz CT molecular complexity index is 553. The van der Waals surface area contributed by atoms with Gasteiger partial charge < -0.3 is 5.73 Å². The predicted molar refractivity (Wildman–Crippen MR) is 79.1 cm³/mol. The number of hydrogen-bond acceptors (Lipinski definition) is 3. The highest BCUT2D eigenvalue weighted by molar-refractivity contribution is 5.60. The summed E-state index contributed by atoms with van der Waals surface area (Å²) in [5, 5.41) is 0. The maximum absolute atomic E-state index is 5.58. The molecule has 2 rings (SSSR count). The third kappa shape index (κ3) is 2.99. The first-order valence-corrected chi connectivity index (χ1v) is 6.73. The van der Waals surface area contributed by atoms with E-state index >= 15 is 0 Å². The van der Waals surface area contributed by atoms with E-state index in [2.05, 4.69) is 42.9 Å². The minimum Gasteiger partial charge on any atom is -0.330 e. The maximum atomic E-state index is 5.58. The average Bonchev–Trinajstić information content (AvgIpc) is 2.38. The van der Waals surface area contributed by atoms with Gasteiger partial charge in [0.15, 0.2) is 5.82 Å². The molecule has 0 bridgehead atoms. The van der Waals surface area contributed by atoms with Crippen LogP contribution >= 0.6 is 0 Å². The van der Waals surface area contributed by atoms with Crippen LogP contribution in [0.2, 0.25) is 0 Å². The zero-order chi connectivity index (χ0) is 13.8. The summed E-state index contributed by atoms with van der Waals surface area (Å²) in [5.41, 5.74) is 11.3. The molecule has 0 radical (unpaired) electrons. The van der Waals surface area contributed by atoms with Crippen LogP contribution in [-0.2, 0) is 6.42 Å². The lowest BCUT2D eigenvalue weighted by molar-refractivity contribution is 0.806. The Hall–Kier alpha value is -1.74. The number of nitrogens with two attached hydrogens (primary N) is 1. The molecule has 0 atom stereocenters. The van der Waals surface area contributed by atoms with Crippen molar-refractivity contribution in [2.45, 2.75) is 33.6 Å². The van der Waals surface area contributed by atoms with Crippen LogP contribution in [0.25, 0.3) is 11.4 Å². The van der Waals surface area contributed by atoms with E-state index in [1.807, 2.05) is 12.1 Å². The minimum absolute atomic E-state index is 0.707. The van der Waals surface area contributed by atoms with Crippen molar-refractivity contribution in [3.63, 3.8) is 0 Å². The summed E-state index contributed by atoms with van der Waals surface area (Å²) in [6.07, 6.45) is 1.94. The SMILES string of the molecule is Cc1ccccc1-c1nc(C)c(CCCN)c(C)n1. The Morgan fingerprint density at radius 2 is 1.63 bits per heavy atom. The second kappa shape index (κ2) is 5.93. The second-order valence-corrected chi connectivity index (χ2v) is 4.90. The van der Waals surface area contributed by atoms with Gasteiger partial charge in [-0.25, -0.2) is 9.97 Å². The fourth-order valence-corrected chi connectivity index (χ4v) is 2.32. The third-order valence-corrected chi connectivity index (χ3v) is 3.44. The van der Waals surface area contributed by atoms with Crippen LogP contribution in [-0.4, -0.2) is 16.5 Å². The van der Waals surface area contributed by atoms with Crippen LogP contribution < -0.4 is 5.73 Å². The zero-order valence-electron chi connectivity index (χ0n) is 11.9. The van der Waals surface area contributed by atoms with Crippen molar-refractivity contribution in [1.82, 2.24) is 9.97 Å². The van der Waals surface area contributed by atoms with Crippen molar-refractivity contribution in [1.29, 1.82) is 0 Å². The number of hydrogen-bond donors (Lipinski definition) is 1. The van der Waals surface area contributed by atoms with Gasteiger partial charge in [-0.3, -0.25) is 0 Å². The molecule has 2 aromatic rings. The van der Waals surface area contributed by atoms with Gasteiger partial charge in [-0.2, -0.15) is 0 Å². The molecule has 1 heterocycles. The van der Waals surface area contributed by atoms with Crippen LogP contribution in [0.5, 0.6) is 0 Å². The quantitative estimate of drug-likeness (QED) is 0.913. The van der Waals surface area contributed by atoms with E-state index in [0.29, 0.717) is 6.54 Å². The molecule has 100 valence electrons. The summed E-state index contributed by atoms with van der Waals surface area (Å²) in [5.74, 6) is 0.824. The first kappa shape index (κ1) is 13.7. The Kier molecular flexibility index (Phi) is 4.27. The van der Waals surface area contributed by atoms with E-state index in [1.165, 1.54) is 11.1 Å². The van der Waals surface area contributed by atoms with Gasteiger partial charge in [0.1, 0.15) is 0 Å². The number of aromatic nitrogens is 2. The topological polar surface area (TPSA) is 51.8 Å². The van der Waals surface area contributed by atoms with Gasteiger partial charge in [0.2, 0.25) is 0 Å². The van der Waals surface area contributed by atoms with Crippen LogP contribution in [0.4, 0.5) is 0 Å². The molecule has 0 saturated heterocycles. The average molecular weight is 255 g/mol. The van der Waals surface area contributed by atoms with Gasteiger partial charge in [0.25, 0.3) is 0 Å². The van der Waals surface area contributed by atoms with Gasteiger partial charge in [0.05, 0.1) is 0 Å². The summed E-state index contributed by atoms with van der Waals surface area (Å²) in [6.45, 7) is 6.91. The van der Waals surface area contributed by atoms with Crippen LogP contribution in [0.1, 0.15) is 28.9 Å². The van der Waals surface area contributed by atoms with E-state index in [0.717, 1.165) is 35.6 Å². The highest BCUT2D eigenvalue weighted by Gasteiger charge is 2.10. The summed E-state index contributed by atoms with van der Waals surface area (Å²) in [4.78, 5) is 9.33. The highest BCUT2D eigenvalue weighted by atomic mass is 14.9. The molecule has 1 aromatic carbocycles. The van der Waals surface area contributed by atoms with Crippen molar-refractivity contribution in [3.05, 3.63) is 46.8 Å². The molecule has 0 aliphatic carbocycles. The van der Waals surface area contributed by atoms with E-state index in [-0.39, 0.29) is 0 Å². The van der Waals surface area contributed by atoms with Crippen molar-refractivity contribution in [2.75, 3.05) is 6.54 Å². The molecule has 0 aliphatic rings. The van der Waals surface area contributed by atoms with Gasteiger partial charge in [-0.1, -0.05) is 24.3 Å². The van der Waals surface area contributed by atoms with E-state index in [1.54, 1.807) is 0 Å². The molecular weight excluding hydrogens is 234 g/mol. The molecule has 0 saturated carbocycles. The van der Waals surface area contributed by atoms with Gasteiger partial charge in [-0.05, 0) is 51.3 Å². The normalized spacial score (nSPS) is 10.7. The molecule has 0 spiro atoms. The predicted octanol–water partition coefficient (Wildman–Crippen LogP) is 2.96. The lowest BCUT2D eigenvalue weighted by atomic mass is 10.0. The Balaban J connectivity index is 2.43. The second-order valence-electron chi connectivity index (χ2n) is 4.90. The monoisotopic (exact) mass is 255 g/mol. The first-order valence-electron chi connectivity index (χ1n) is 6.73. The molecule has 19 heavy (non-hydrogen) atoms.